The molecule has 5 unspecified atom stereocenters. The van der Waals surface area contributed by atoms with E-state index >= 15 is 0 Å². The lowest BCUT2D eigenvalue weighted by Gasteiger charge is -2.34. The number of aliphatic hydroxyl groups is 2. The fourth-order valence-corrected chi connectivity index (χ4v) is 5.33. The molecule has 18 heavy (non-hydrogen) atoms. The molecule has 2 bridgehead atoms. The van der Waals surface area contributed by atoms with Gasteiger partial charge in [0.15, 0.2) is 0 Å². The lowest BCUT2D eigenvalue weighted by molar-refractivity contribution is 0.105. The molecular formula is C15H27NO2. The fourth-order valence-electron chi connectivity index (χ4n) is 5.33. The molecule has 3 heteroatoms. The summed E-state index contributed by atoms with van der Waals surface area (Å²) in [5.41, 5.74) is 0. The van der Waals surface area contributed by atoms with E-state index in [0.29, 0.717) is 0 Å². The maximum Gasteiger partial charge on any atom is 0.0558 e. The maximum atomic E-state index is 9.10. The number of rotatable bonds is 6. The van der Waals surface area contributed by atoms with Crippen LogP contribution in [0.3, 0.4) is 0 Å². The van der Waals surface area contributed by atoms with E-state index in [4.69, 9.17) is 10.2 Å². The van der Waals surface area contributed by atoms with E-state index in [2.05, 4.69) is 4.90 Å². The molecule has 3 aliphatic rings. The summed E-state index contributed by atoms with van der Waals surface area (Å²) in [6.45, 7) is 2.98. The Kier molecular flexibility index (Phi) is 3.92. The second kappa shape index (κ2) is 5.48. The molecule has 104 valence electrons. The largest absolute Gasteiger partial charge is 0.395 e. The average Bonchev–Trinajstić information content (AvgIpc) is 3.00. The average molecular weight is 253 g/mol. The van der Waals surface area contributed by atoms with Crippen molar-refractivity contribution in [3.8, 4) is 0 Å². The Balaban J connectivity index is 1.58. The van der Waals surface area contributed by atoms with E-state index in [9.17, 15) is 0 Å². The highest BCUT2D eigenvalue weighted by Crippen LogP contribution is 2.60. The molecule has 3 saturated carbocycles. The number of fused-ring (bicyclic) bond motifs is 5. The molecule has 0 amide bonds. The van der Waals surface area contributed by atoms with Crippen molar-refractivity contribution in [2.24, 2.45) is 29.6 Å². The van der Waals surface area contributed by atoms with Gasteiger partial charge in [0.2, 0.25) is 0 Å². The van der Waals surface area contributed by atoms with Gasteiger partial charge in [0.25, 0.3) is 0 Å². The van der Waals surface area contributed by atoms with Gasteiger partial charge in [-0.1, -0.05) is 6.42 Å². The van der Waals surface area contributed by atoms with Crippen LogP contribution >= 0.6 is 0 Å². The van der Waals surface area contributed by atoms with Crippen molar-refractivity contribution in [3.63, 3.8) is 0 Å². The van der Waals surface area contributed by atoms with Crippen LogP contribution in [0.4, 0.5) is 0 Å². The lowest BCUT2D eigenvalue weighted by atomic mass is 9.75. The van der Waals surface area contributed by atoms with E-state index in [0.717, 1.165) is 49.2 Å². The van der Waals surface area contributed by atoms with Crippen LogP contribution in [0.15, 0.2) is 0 Å². The van der Waals surface area contributed by atoms with Crippen LogP contribution in [0.2, 0.25) is 0 Å². The number of aliphatic hydroxyl groups excluding tert-OH is 2. The van der Waals surface area contributed by atoms with Gasteiger partial charge < -0.3 is 10.2 Å². The number of nitrogens with zero attached hydrogens (tertiary/aromatic N) is 1. The zero-order valence-electron chi connectivity index (χ0n) is 11.3. The monoisotopic (exact) mass is 253 g/mol. The first-order chi connectivity index (χ1) is 8.83. The molecule has 0 saturated heterocycles. The first-order valence-corrected chi connectivity index (χ1v) is 7.77. The Morgan fingerprint density at radius 1 is 0.889 bits per heavy atom. The number of hydrogen-bond acceptors (Lipinski definition) is 3. The van der Waals surface area contributed by atoms with Gasteiger partial charge in [0, 0.05) is 19.6 Å². The third-order valence-electron chi connectivity index (χ3n) is 5.89. The molecule has 3 rings (SSSR count). The maximum absolute atomic E-state index is 9.10. The summed E-state index contributed by atoms with van der Waals surface area (Å²) >= 11 is 0. The van der Waals surface area contributed by atoms with Gasteiger partial charge in [-0.2, -0.15) is 0 Å². The van der Waals surface area contributed by atoms with Gasteiger partial charge >= 0.3 is 0 Å². The van der Waals surface area contributed by atoms with Crippen molar-refractivity contribution < 1.29 is 10.2 Å². The molecule has 3 nitrogen and oxygen atoms in total. The molecule has 0 radical (unpaired) electrons. The molecule has 0 aromatic carbocycles. The van der Waals surface area contributed by atoms with Crippen LogP contribution < -0.4 is 0 Å². The van der Waals surface area contributed by atoms with Crippen LogP contribution in [0.5, 0.6) is 0 Å². The van der Waals surface area contributed by atoms with Gasteiger partial charge in [-0.05, 0) is 55.3 Å². The Morgan fingerprint density at radius 3 is 2.33 bits per heavy atom. The highest BCUT2D eigenvalue weighted by molar-refractivity contribution is 5.03. The first kappa shape index (κ1) is 12.9. The summed E-state index contributed by atoms with van der Waals surface area (Å²) in [5, 5.41) is 18.2. The van der Waals surface area contributed by atoms with Crippen LogP contribution in [0.1, 0.15) is 32.1 Å². The second-order valence-electron chi connectivity index (χ2n) is 6.66. The molecular weight excluding hydrogens is 226 g/mol. The zero-order valence-corrected chi connectivity index (χ0v) is 11.3. The lowest BCUT2D eigenvalue weighted by Crippen LogP contribution is -2.38. The summed E-state index contributed by atoms with van der Waals surface area (Å²) in [5.74, 6) is 4.90. The fraction of sp³-hybridized carbons (Fsp3) is 1.00. The van der Waals surface area contributed by atoms with Gasteiger partial charge in [-0.25, -0.2) is 0 Å². The van der Waals surface area contributed by atoms with Crippen molar-refractivity contribution in [1.29, 1.82) is 0 Å². The Bertz CT molecular complexity index is 278. The van der Waals surface area contributed by atoms with E-state index in [1.165, 1.54) is 32.1 Å². The topological polar surface area (TPSA) is 43.7 Å². The Hall–Kier alpha value is -0.120. The minimum atomic E-state index is 0.215. The molecule has 5 atom stereocenters. The minimum absolute atomic E-state index is 0.215. The van der Waals surface area contributed by atoms with Crippen molar-refractivity contribution in [2.45, 2.75) is 32.1 Å². The van der Waals surface area contributed by atoms with Gasteiger partial charge in [-0.15, -0.1) is 0 Å². The molecule has 2 N–H and O–H groups in total. The van der Waals surface area contributed by atoms with Crippen molar-refractivity contribution >= 4 is 0 Å². The van der Waals surface area contributed by atoms with Crippen molar-refractivity contribution in [2.75, 3.05) is 32.8 Å². The minimum Gasteiger partial charge on any atom is -0.395 e. The Morgan fingerprint density at radius 2 is 1.61 bits per heavy atom. The Labute approximate surface area is 110 Å². The quantitative estimate of drug-likeness (QED) is 0.751. The third-order valence-corrected chi connectivity index (χ3v) is 5.89. The normalized spacial score (nSPS) is 41.8. The van der Waals surface area contributed by atoms with Crippen LogP contribution in [-0.2, 0) is 0 Å². The smallest absolute Gasteiger partial charge is 0.0558 e. The standard InChI is InChI=1S/C15H27NO2/c17-6-4-16(5-7-18)10-12-8-11-9-15(12)14-3-1-2-13(11)14/h11-15,17-18H,1-10H2. The molecule has 0 heterocycles. The molecule has 3 fully saturated rings. The van der Waals surface area contributed by atoms with Gasteiger partial charge in [0.05, 0.1) is 13.2 Å². The predicted octanol–water partition coefficient (Wildman–Crippen LogP) is 1.35. The molecule has 0 aromatic heterocycles. The zero-order chi connectivity index (χ0) is 12.5. The van der Waals surface area contributed by atoms with Crippen molar-refractivity contribution in [1.82, 2.24) is 4.90 Å². The van der Waals surface area contributed by atoms with Gasteiger partial charge in [-0.3, -0.25) is 4.90 Å². The second-order valence-corrected chi connectivity index (χ2v) is 6.66. The molecule has 3 aliphatic carbocycles. The number of hydrogen-bond donors (Lipinski definition) is 2. The molecule has 0 aromatic rings. The summed E-state index contributed by atoms with van der Waals surface area (Å²) in [4.78, 5) is 2.26. The summed E-state index contributed by atoms with van der Waals surface area (Å²) in [6.07, 6.45) is 7.33. The van der Waals surface area contributed by atoms with E-state index in [-0.39, 0.29) is 13.2 Å². The van der Waals surface area contributed by atoms with Crippen molar-refractivity contribution in [3.05, 3.63) is 0 Å². The third kappa shape index (κ3) is 2.21. The molecule has 0 aliphatic heterocycles. The summed E-state index contributed by atoms with van der Waals surface area (Å²) in [7, 11) is 0. The molecule has 0 spiro atoms. The highest BCUT2D eigenvalue weighted by Gasteiger charge is 2.53. The van der Waals surface area contributed by atoms with E-state index < -0.39 is 0 Å². The SMILES string of the molecule is OCCN(CCO)CC1CC2CC1C1CCCC21. The van der Waals surface area contributed by atoms with E-state index in [1.807, 2.05) is 0 Å². The summed E-state index contributed by atoms with van der Waals surface area (Å²) < 4.78 is 0. The van der Waals surface area contributed by atoms with E-state index in [1.54, 1.807) is 0 Å². The van der Waals surface area contributed by atoms with Crippen LogP contribution in [-0.4, -0.2) is 48.0 Å². The first-order valence-electron chi connectivity index (χ1n) is 7.77. The van der Waals surface area contributed by atoms with Crippen LogP contribution in [0.25, 0.3) is 0 Å². The summed E-state index contributed by atoms with van der Waals surface area (Å²) in [6, 6.07) is 0. The highest BCUT2D eigenvalue weighted by atomic mass is 16.3. The van der Waals surface area contributed by atoms with Crippen LogP contribution in [0, 0.1) is 29.6 Å². The van der Waals surface area contributed by atoms with Gasteiger partial charge in [0.1, 0.15) is 0 Å². The predicted molar refractivity (Wildman–Crippen MR) is 71.1 cm³/mol.